The first-order valence-corrected chi connectivity index (χ1v) is 6.84. The van der Waals surface area contributed by atoms with Gasteiger partial charge in [0.15, 0.2) is 11.5 Å². The fourth-order valence-corrected chi connectivity index (χ4v) is 1.93. The Balaban J connectivity index is 3.08. The Morgan fingerprint density at radius 3 is 2.26 bits per heavy atom. The van der Waals surface area contributed by atoms with E-state index in [1.165, 1.54) is 6.07 Å². The zero-order valence-corrected chi connectivity index (χ0v) is 12.2. The van der Waals surface area contributed by atoms with Crippen molar-refractivity contribution in [3.8, 4) is 11.5 Å². The average molecular weight is 266 g/mol. The van der Waals surface area contributed by atoms with Crippen molar-refractivity contribution < 1.29 is 13.9 Å². The van der Waals surface area contributed by atoms with E-state index in [-0.39, 0.29) is 11.7 Å². The molecule has 2 nitrogen and oxygen atoms in total. The summed E-state index contributed by atoms with van der Waals surface area (Å²) in [5.74, 6) is 0.979. The third-order valence-corrected chi connectivity index (χ3v) is 2.92. The Morgan fingerprint density at radius 2 is 1.74 bits per heavy atom. The Hall–Kier alpha value is -1.51. The van der Waals surface area contributed by atoms with Gasteiger partial charge in [0, 0.05) is 6.07 Å². The van der Waals surface area contributed by atoms with Gasteiger partial charge in [-0.3, -0.25) is 0 Å². The second kappa shape index (κ2) is 7.82. The minimum Gasteiger partial charge on any atom is -0.490 e. The molecule has 0 aliphatic heterocycles. The number of ether oxygens (including phenoxy) is 2. The highest BCUT2D eigenvalue weighted by atomic mass is 19.1. The van der Waals surface area contributed by atoms with E-state index in [0.29, 0.717) is 30.3 Å². The highest BCUT2D eigenvalue weighted by molar-refractivity contribution is 5.45. The maximum atomic E-state index is 14.1. The van der Waals surface area contributed by atoms with Gasteiger partial charge in [-0.1, -0.05) is 19.1 Å². The molecule has 0 radical (unpaired) electrons. The fourth-order valence-electron chi connectivity index (χ4n) is 1.93. The third-order valence-electron chi connectivity index (χ3n) is 2.92. The molecular formula is C16H23FO2. The van der Waals surface area contributed by atoms with Crippen LogP contribution in [0.5, 0.6) is 11.5 Å². The van der Waals surface area contributed by atoms with E-state index >= 15 is 0 Å². The molecule has 0 amide bonds. The van der Waals surface area contributed by atoms with Crippen LogP contribution in [0.15, 0.2) is 24.3 Å². The Kier molecular flexibility index (Phi) is 6.40. The molecule has 106 valence electrons. The molecule has 0 saturated carbocycles. The van der Waals surface area contributed by atoms with Crippen LogP contribution >= 0.6 is 0 Å². The van der Waals surface area contributed by atoms with Gasteiger partial charge in [-0.05, 0) is 44.7 Å². The molecule has 1 aromatic carbocycles. The van der Waals surface area contributed by atoms with Crippen molar-refractivity contribution in [2.45, 2.75) is 40.0 Å². The summed E-state index contributed by atoms with van der Waals surface area (Å²) in [5, 5.41) is 0. The van der Waals surface area contributed by atoms with Gasteiger partial charge in [0.25, 0.3) is 0 Å². The van der Waals surface area contributed by atoms with Crippen molar-refractivity contribution in [2.24, 2.45) is 0 Å². The average Bonchev–Trinajstić information content (AvgIpc) is 2.39. The predicted octanol–water partition coefficient (Wildman–Crippen LogP) is 4.69. The Labute approximate surface area is 115 Å². The molecule has 0 aromatic heterocycles. The molecule has 19 heavy (non-hydrogen) atoms. The van der Waals surface area contributed by atoms with Crippen molar-refractivity contribution in [2.75, 3.05) is 13.2 Å². The molecule has 0 fully saturated rings. The first-order valence-electron chi connectivity index (χ1n) is 6.84. The second-order valence-electron chi connectivity index (χ2n) is 4.39. The van der Waals surface area contributed by atoms with Crippen molar-refractivity contribution >= 4 is 0 Å². The lowest BCUT2D eigenvalue weighted by molar-refractivity contribution is 0.285. The van der Waals surface area contributed by atoms with Crippen LogP contribution in [0.2, 0.25) is 0 Å². The van der Waals surface area contributed by atoms with Gasteiger partial charge in [0.05, 0.1) is 13.2 Å². The molecule has 0 bridgehead atoms. The lowest BCUT2D eigenvalue weighted by atomic mass is 9.96. The van der Waals surface area contributed by atoms with Crippen LogP contribution < -0.4 is 9.47 Å². The van der Waals surface area contributed by atoms with Crippen molar-refractivity contribution in [3.63, 3.8) is 0 Å². The molecular weight excluding hydrogens is 243 g/mol. The second-order valence-corrected chi connectivity index (χ2v) is 4.39. The van der Waals surface area contributed by atoms with Crippen LogP contribution in [0.1, 0.15) is 45.6 Å². The molecule has 0 heterocycles. The molecule has 0 aliphatic carbocycles. The summed E-state index contributed by atoms with van der Waals surface area (Å²) in [4.78, 5) is 0. The van der Waals surface area contributed by atoms with E-state index in [2.05, 4.69) is 0 Å². The number of halogens is 1. The number of benzene rings is 1. The molecule has 0 spiro atoms. The van der Waals surface area contributed by atoms with Crippen LogP contribution in [-0.2, 0) is 0 Å². The molecule has 0 aliphatic rings. The van der Waals surface area contributed by atoms with Crippen LogP contribution in [0, 0.1) is 5.82 Å². The number of hydrogen-bond acceptors (Lipinski definition) is 2. The molecule has 0 saturated heterocycles. The van der Waals surface area contributed by atoms with E-state index < -0.39 is 0 Å². The highest BCUT2D eigenvalue weighted by Gasteiger charge is 2.16. The topological polar surface area (TPSA) is 18.5 Å². The molecule has 1 rings (SSSR count). The maximum Gasteiger partial charge on any atom is 0.164 e. The van der Waals surface area contributed by atoms with Gasteiger partial charge >= 0.3 is 0 Å². The smallest absolute Gasteiger partial charge is 0.164 e. The Morgan fingerprint density at radius 1 is 1.16 bits per heavy atom. The van der Waals surface area contributed by atoms with E-state index in [4.69, 9.17) is 9.47 Å². The minimum atomic E-state index is -0.232. The van der Waals surface area contributed by atoms with E-state index in [0.717, 1.165) is 6.42 Å². The summed E-state index contributed by atoms with van der Waals surface area (Å²) in [6.45, 7) is 8.78. The standard InChI is InChI=1S/C16H23FO2/c1-5-8-9-12(4)13-10-15(18-6-2)16(19-7-3)11-14(13)17/h5,8,10-12H,6-7,9H2,1-4H3/b8-5-. The Bertz CT molecular complexity index is 427. The molecule has 1 aromatic rings. The van der Waals surface area contributed by atoms with E-state index in [9.17, 15) is 4.39 Å². The number of rotatable bonds is 7. The summed E-state index contributed by atoms with van der Waals surface area (Å²) >= 11 is 0. The summed E-state index contributed by atoms with van der Waals surface area (Å²) in [7, 11) is 0. The van der Waals surface area contributed by atoms with Crippen LogP contribution in [-0.4, -0.2) is 13.2 Å². The van der Waals surface area contributed by atoms with Crippen molar-refractivity contribution in [1.82, 2.24) is 0 Å². The van der Waals surface area contributed by atoms with Gasteiger partial charge in [0.2, 0.25) is 0 Å². The zero-order valence-electron chi connectivity index (χ0n) is 12.2. The number of hydrogen-bond donors (Lipinski definition) is 0. The summed E-state index contributed by atoms with van der Waals surface area (Å²) < 4.78 is 25.0. The largest absolute Gasteiger partial charge is 0.490 e. The molecule has 1 atom stereocenters. The van der Waals surface area contributed by atoms with Crippen LogP contribution in [0.25, 0.3) is 0 Å². The first-order chi connectivity index (χ1) is 9.13. The van der Waals surface area contributed by atoms with Crippen LogP contribution in [0.3, 0.4) is 0 Å². The molecule has 0 N–H and O–H groups in total. The third kappa shape index (κ3) is 4.27. The maximum absolute atomic E-state index is 14.1. The molecule has 1 unspecified atom stereocenters. The van der Waals surface area contributed by atoms with Gasteiger partial charge in [-0.15, -0.1) is 0 Å². The quantitative estimate of drug-likeness (QED) is 0.666. The normalized spacial score (nSPS) is 12.7. The lowest BCUT2D eigenvalue weighted by Gasteiger charge is -2.16. The SMILES string of the molecule is C/C=C\CC(C)c1cc(OCC)c(OCC)cc1F. The van der Waals surface area contributed by atoms with Crippen molar-refractivity contribution in [1.29, 1.82) is 0 Å². The minimum absolute atomic E-state index is 0.117. The summed E-state index contributed by atoms with van der Waals surface area (Å²) in [6, 6.07) is 3.19. The van der Waals surface area contributed by atoms with E-state index in [1.54, 1.807) is 6.07 Å². The lowest BCUT2D eigenvalue weighted by Crippen LogP contribution is -2.03. The van der Waals surface area contributed by atoms with Gasteiger partial charge < -0.3 is 9.47 Å². The van der Waals surface area contributed by atoms with Gasteiger partial charge in [0.1, 0.15) is 5.82 Å². The van der Waals surface area contributed by atoms with Crippen molar-refractivity contribution in [3.05, 3.63) is 35.7 Å². The summed E-state index contributed by atoms with van der Waals surface area (Å²) in [5.41, 5.74) is 0.671. The van der Waals surface area contributed by atoms with Crippen LogP contribution in [0.4, 0.5) is 4.39 Å². The van der Waals surface area contributed by atoms with Gasteiger partial charge in [-0.2, -0.15) is 0 Å². The zero-order chi connectivity index (χ0) is 14.3. The summed E-state index contributed by atoms with van der Waals surface area (Å²) in [6.07, 6.45) is 4.83. The highest BCUT2D eigenvalue weighted by Crippen LogP contribution is 2.34. The predicted molar refractivity (Wildman–Crippen MR) is 76.6 cm³/mol. The fraction of sp³-hybridized carbons (Fsp3) is 0.500. The first kappa shape index (κ1) is 15.5. The molecule has 3 heteroatoms. The monoisotopic (exact) mass is 266 g/mol. The van der Waals surface area contributed by atoms with E-state index in [1.807, 2.05) is 39.8 Å². The number of allylic oxidation sites excluding steroid dienone is 2. The van der Waals surface area contributed by atoms with Gasteiger partial charge in [-0.25, -0.2) is 4.39 Å².